The molecule has 0 radical (unpaired) electrons. The molecule has 9 nitrogen and oxygen atoms in total. The molecular formula is C5H8N2O7P2. The molecule has 0 aliphatic heterocycles. The first-order chi connectivity index (χ1) is 7.23. The van der Waals surface area contributed by atoms with Crippen LogP contribution in [-0.2, 0) is 9.13 Å². The normalized spacial score (nSPS) is 17.5. The average Bonchev–Trinajstić information content (AvgIpc) is 2.16. The summed E-state index contributed by atoms with van der Waals surface area (Å²) in [5.74, 6) is 0. The third-order valence-electron chi connectivity index (χ3n) is 1.35. The summed E-state index contributed by atoms with van der Waals surface area (Å²) < 4.78 is 26.0. The molecule has 0 aliphatic rings. The lowest BCUT2D eigenvalue weighted by molar-refractivity contribution is 0.221. The number of aliphatic hydroxyl groups excluding tert-OH is 1. The summed E-state index contributed by atoms with van der Waals surface area (Å²) in [4.78, 5) is 32.9. The van der Waals surface area contributed by atoms with E-state index in [4.69, 9.17) is 19.8 Å². The Morgan fingerprint density at radius 1 is 1.19 bits per heavy atom. The van der Waals surface area contributed by atoms with Gasteiger partial charge in [-0.1, -0.05) is 0 Å². The Labute approximate surface area is 89.5 Å². The van der Waals surface area contributed by atoms with Crippen molar-refractivity contribution in [2.24, 2.45) is 0 Å². The summed E-state index contributed by atoms with van der Waals surface area (Å²) in [5, 5.41) is 8.92. The van der Waals surface area contributed by atoms with Crippen LogP contribution in [0.1, 0.15) is 0 Å². The molecule has 1 aromatic heterocycles. The predicted octanol–water partition coefficient (Wildman–Crippen LogP) is -0.506. The van der Waals surface area contributed by atoms with Crippen molar-refractivity contribution in [3.63, 3.8) is 0 Å². The molecule has 1 aromatic rings. The minimum atomic E-state index is -5.15. The van der Waals surface area contributed by atoms with E-state index in [1.807, 2.05) is 0 Å². The monoisotopic (exact) mass is 270 g/mol. The van der Waals surface area contributed by atoms with Gasteiger partial charge >= 0.3 is 21.2 Å². The average molecular weight is 270 g/mol. The molecule has 4 N–H and O–H groups in total. The van der Waals surface area contributed by atoms with Gasteiger partial charge in [-0.15, -0.1) is 0 Å². The van der Waals surface area contributed by atoms with Crippen molar-refractivity contribution in [1.82, 2.24) is 9.97 Å². The molecule has 0 aromatic carbocycles. The number of rotatable bonds is 4. The van der Waals surface area contributed by atoms with Crippen molar-refractivity contribution in [3.8, 4) is 6.01 Å². The van der Waals surface area contributed by atoms with Crippen molar-refractivity contribution >= 4 is 15.2 Å². The third-order valence-corrected chi connectivity index (χ3v) is 4.74. The van der Waals surface area contributed by atoms with Crippen LogP contribution in [0.25, 0.3) is 0 Å². The molecule has 2 atom stereocenters. The van der Waals surface area contributed by atoms with Gasteiger partial charge in [0.15, 0.2) is 0 Å². The number of nitrogens with zero attached hydrogens (tertiary/aromatic N) is 2. The number of hydrogen-bond acceptors (Lipinski definition) is 6. The van der Waals surface area contributed by atoms with Crippen molar-refractivity contribution in [1.29, 1.82) is 0 Å². The van der Waals surface area contributed by atoms with Crippen molar-refractivity contribution in [2.45, 2.75) is 5.59 Å². The summed E-state index contributed by atoms with van der Waals surface area (Å²) in [6.07, 6.45) is 2.37. The summed E-state index contributed by atoms with van der Waals surface area (Å²) in [6.45, 7) is 0. The molecule has 16 heavy (non-hydrogen) atoms. The molecule has 90 valence electrons. The zero-order chi connectivity index (χ0) is 12.4. The van der Waals surface area contributed by atoms with Gasteiger partial charge in [-0.2, -0.15) is 0 Å². The van der Waals surface area contributed by atoms with E-state index in [1.165, 1.54) is 18.5 Å². The van der Waals surface area contributed by atoms with Gasteiger partial charge in [-0.05, 0) is 6.07 Å². The highest BCUT2D eigenvalue weighted by Crippen LogP contribution is 2.60. The molecule has 2 unspecified atom stereocenters. The van der Waals surface area contributed by atoms with Gasteiger partial charge in [0, 0.05) is 12.4 Å². The fourth-order valence-corrected chi connectivity index (χ4v) is 2.77. The minimum absolute atomic E-state index is 0.569. The lowest BCUT2D eigenvalue weighted by atomic mass is 10.7. The fraction of sp³-hybridized carbons (Fsp3) is 0.200. The Bertz CT molecular complexity index is 445. The lowest BCUT2D eigenvalue weighted by Crippen LogP contribution is -2.12. The predicted molar refractivity (Wildman–Crippen MR) is 50.5 cm³/mol. The first-order valence-electron chi connectivity index (χ1n) is 3.76. The van der Waals surface area contributed by atoms with Crippen LogP contribution in [0.5, 0.6) is 6.01 Å². The van der Waals surface area contributed by atoms with Crippen molar-refractivity contribution in [2.75, 3.05) is 0 Å². The van der Waals surface area contributed by atoms with Crippen LogP contribution < -0.4 is 4.52 Å². The van der Waals surface area contributed by atoms with E-state index in [0.29, 0.717) is 0 Å². The SMILES string of the molecule is O=P(O)(O)C(O)P(=O)(O)Oc1ncccn1. The Kier molecular flexibility index (Phi) is 3.80. The van der Waals surface area contributed by atoms with Gasteiger partial charge in [0.1, 0.15) is 0 Å². The van der Waals surface area contributed by atoms with E-state index in [-0.39, 0.29) is 0 Å². The molecular weight excluding hydrogens is 262 g/mol. The molecule has 11 heteroatoms. The molecule has 0 aliphatic carbocycles. The largest absolute Gasteiger partial charge is 0.419 e. The second kappa shape index (κ2) is 4.58. The highest BCUT2D eigenvalue weighted by molar-refractivity contribution is 7.71. The van der Waals surface area contributed by atoms with E-state index in [9.17, 15) is 9.13 Å². The van der Waals surface area contributed by atoms with Crippen LogP contribution >= 0.6 is 15.2 Å². The van der Waals surface area contributed by atoms with E-state index in [0.717, 1.165) is 0 Å². The van der Waals surface area contributed by atoms with Crippen LogP contribution in [0.4, 0.5) is 0 Å². The highest BCUT2D eigenvalue weighted by atomic mass is 31.2. The van der Waals surface area contributed by atoms with Gasteiger partial charge < -0.3 is 24.3 Å². The smallest absolute Gasteiger partial charge is 0.387 e. The zero-order valence-electron chi connectivity index (χ0n) is 7.61. The van der Waals surface area contributed by atoms with Crippen LogP contribution in [0.2, 0.25) is 0 Å². The Hall–Kier alpha value is -0.820. The molecule has 0 amide bonds. The molecule has 1 rings (SSSR count). The van der Waals surface area contributed by atoms with E-state index in [2.05, 4.69) is 14.5 Å². The van der Waals surface area contributed by atoms with Gasteiger partial charge in [0.2, 0.25) is 0 Å². The number of aromatic nitrogens is 2. The summed E-state index contributed by atoms with van der Waals surface area (Å²) in [5.41, 5.74) is -2.83. The first kappa shape index (κ1) is 13.2. The summed E-state index contributed by atoms with van der Waals surface area (Å²) in [7, 11) is -10.1. The van der Waals surface area contributed by atoms with Gasteiger partial charge in [-0.25, -0.2) is 14.5 Å². The van der Waals surface area contributed by atoms with Gasteiger partial charge in [0.25, 0.3) is 5.59 Å². The maximum Gasteiger partial charge on any atom is 0.419 e. The Morgan fingerprint density at radius 3 is 2.12 bits per heavy atom. The Balaban J connectivity index is 2.89. The topological polar surface area (TPSA) is 150 Å². The quantitative estimate of drug-likeness (QED) is 0.530. The van der Waals surface area contributed by atoms with Crippen molar-refractivity contribution in [3.05, 3.63) is 18.5 Å². The molecule has 0 fully saturated rings. The third kappa shape index (κ3) is 3.34. The van der Waals surface area contributed by atoms with Gasteiger partial charge in [-0.3, -0.25) is 4.57 Å². The fourth-order valence-electron chi connectivity index (χ4n) is 0.687. The van der Waals surface area contributed by atoms with E-state index in [1.54, 1.807) is 0 Å². The number of aliphatic hydroxyl groups is 1. The van der Waals surface area contributed by atoms with E-state index < -0.39 is 26.8 Å². The molecule has 0 bridgehead atoms. The lowest BCUT2D eigenvalue weighted by Gasteiger charge is -2.17. The first-order valence-corrected chi connectivity index (χ1v) is 7.08. The summed E-state index contributed by atoms with van der Waals surface area (Å²) >= 11 is 0. The molecule has 0 spiro atoms. The van der Waals surface area contributed by atoms with Crippen LogP contribution in [0, 0.1) is 0 Å². The molecule has 0 saturated carbocycles. The van der Waals surface area contributed by atoms with Crippen molar-refractivity contribution < 1.29 is 33.4 Å². The van der Waals surface area contributed by atoms with E-state index >= 15 is 0 Å². The van der Waals surface area contributed by atoms with Crippen LogP contribution in [0.15, 0.2) is 18.5 Å². The molecule has 0 saturated heterocycles. The second-order valence-electron chi connectivity index (χ2n) is 2.62. The van der Waals surface area contributed by atoms with Crippen LogP contribution in [0.3, 0.4) is 0 Å². The molecule has 1 heterocycles. The second-order valence-corrected chi connectivity index (χ2v) is 6.50. The zero-order valence-corrected chi connectivity index (χ0v) is 9.40. The standard InChI is InChI=1S/C5H8N2O7P2/c8-5(15(9,10)11)16(12,13)14-4-6-2-1-3-7-4/h1-3,5,8H,(H,12,13)(H2,9,10,11). The van der Waals surface area contributed by atoms with Crippen LogP contribution in [-0.4, -0.2) is 35.3 Å². The van der Waals surface area contributed by atoms with Gasteiger partial charge in [0.05, 0.1) is 0 Å². The Morgan fingerprint density at radius 2 is 1.69 bits per heavy atom. The maximum absolute atomic E-state index is 11.2. The summed E-state index contributed by atoms with van der Waals surface area (Å²) in [6, 6.07) is 0.829. The minimum Gasteiger partial charge on any atom is -0.387 e. The highest BCUT2D eigenvalue weighted by Gasteiger charge is 2.46. The maximum atomic E-state index is 11.2. The number of hydrogen-bond donors (Lipinski definition) is 4.